The summed E-state index contributed by atoms with van der Waals surface area (Å²) in [6.45, 7) is 6.42. The fourth-order valence-corrected chi connectivity index (χ4v) is 2.82. The lowest BCUT2D eigenvalue weighted by molar-refractivity contribution is 0.407. The van der Waals surface area contributed by atoms with Gasteiger partial charge in [-0.25, -0.2) is 0 Å². The molecular weight excluding hydrogens is 274 g/mol. The van der Waals surface area contributed by atoms with Gasteiger partial charge in [-0.2, -0.15) is 5.10 Å². The van der Waals surface area contributed by atoms with E-state index in [4.69, 9.17) is 10.5 Å². The number of aromatic amines is 1. The third-order valence-electron chi connectivity index (χ3n) is 4.04. The van der Waals surface area contributed by atoms with Crippen LogP contribution in [0.2, 0.25) is 0 Å². The number of aryl methyl sites for hydroxylation is 1. The van der Waals surface area contributed by atoms with Crippen LogP contribution in [0.3, 0.4) is 0 Å². The Morgan fingerprint density at radius 1 is 1.18 bits per heavy atom. The number of methoxy groups -OCH3 is 1. The zero-order valence-corrected chi connectivity index (χ0v) is 13.4. The van der Waals surface area contributed by atoms with Gasteiger partial charge in [0.2, 0.25) is 0 Å². The van der Waals surface area contributed by atoms with Crippen molar-refractivity contribution < 1.29 is 4.74 Å². The standard InChI is InChI=1S/C18H21N3O/c1-10(2)14-9-15(11(3)7-17(14)22-4)18-13-6-5-12(19)8-16(13)20-21-18/h5-10H,19H2,1-4H3,(H,20,21). The minimum absolute atomic E-state index is 0.384. The van der Waals surface area contributed by atoms with E-state index in [1.807, 2.05) is 18.2 Å². The largest absolute Gasteiger partial charge is 0.496 e. The Morgan fingerprint density at radius 2 is 1.95 bits per heavy atom. The van der Waals surface area contributed by atoms with Crippen LogP contribution in [0.25, 0.3) is 22.2 Å². The van der Waals surface area contributed by atoms with Crippen molar-refractivity contribution in [2.75, 3.05) is 12.8 Å². The first-order chi connectivity index (χ1) is 10.5. The van der Waals surface area contributed by atoms with Gasteiger partial charge in [0.1, 0.15) is 11.4 Å². The number of anilines is 1. The quantitative estimate of drug-likeness (QED) is 0.710. The van der Waals surface area contributed by atoms with Crippen molar-refractivity contribution in [1.29, 1.82) is 0 Å². The Balaban J connectivity index is 2.24. The van der Waals surface area contributed by atoms with Crippen molar-refractivity contribution in [2.45, 2.75) is 26.7 Å². The topological polar surface area (TPSA) is 63.9 Å². The monoisotopic (exact) mass is 295 g/mol. The van der Waals surface area contributed by atoms with E-state index in [0.29, 0.717) is 5.92 Å². The number of rotatable bonds is 3. The number of nitrogens with zero attached hydrogens (tertiary/aromatic N) is 1. The number of hydrogen-bond donors (Lipinski definition) is 2. The fraction of sp³-hybridized carbons (Fsp3) is 0.278. The predicted octanol–water partition coefficient (Wildman–Crippen LogP) is 4.25. The molecule has 0 unspecified atom stereocenters. The lowest BCUT2D eigenvalue weighted by Crippen LogP contribution is -1.97. The van der Waals surface area contributed by atoms with Crippen molar-refractivity contribution in [3.63, 3.8) is 0 Å². The van der Waals surface area contributed by atoms with Crippen LogP contribution in [0, 0.1) is 6.92 Å². The van der Waals surface area contributed by atoms with E-state index in [0.717, 1.165) is 39.2 Å². The molecule has 22 heavy (non-hydrogen) atoms. The van der Waals surface area contributed by atoms with Gasteiger partial charge >= 0.3 is 0 Å². The van der Waals surface area contributed by atoms with Crippen LogP contribution < -0.4 is 10.5 Å². The Kier molecular flexibility index (Phi) is 3.53. The Labute approximate surface area is 130 Å². The van der Waals surface area contributed by atoms with E-state index in [1.165, 1.54) is 5.56 Å². The number of nitrogens with one attached hydrogen (secondary N) is 1. The highest BCUT2D eigenvalue weighted by Gasteiger charge is 2.16. The van der Waals surface area contributed by atoms with Gasteiger partial charge < -0.3 is 10.5 Å². The van der Waals surface area contributed by atoms with Crippen molar-refractivity contribution in [3.05, 3.63) is 41.5 Å². The van der Waals surface area contributed by atoms with E-state index in [1.54, 1.807) is 7.11 Å². The van der Waals surface area contributed by atoms with Gasteiger partial charge in [-0.15, -0.1) is 0 Å². The first kappa shape index (κ1) is 14.4. The summed E-state index contributed by atoms with van der Waals surface area (Å²) in [5.41, 5.74) is 11.9. The van der Waals surface area contributed by atoms with Crippen LogP contribution in [-0.2, 0) is 0 Å². The van der Waals surface area contributed by atoms with Crippen molar-refractivity contribution >= 4 is 16.6 Å². The van der Waals surface area contributed by atoms with Crippen LogP contribution in [-0.4, -0.2) is 17.3 Å². The number of ether oxygens (including phenoxy) is 1. The van der Waals surface area contributed by atoms with Gasteiger partial charge in [0.25, 0.3) is 0 Å². The summed E-state index contributed by atoms with van der Waals surface area (Å²) >= 11 is 0. The lowest BCUT2D eigenvalue weighted by atomic mass is 9.94. The molecule has 0 amide bonds. The second-order valence-corrected chi connectivity index (χ2v) is 5.94. The highest BCUT2D eigenvalue weighted by atomic mass is 16.5. The molecule has 3 rings (SSSR count). The molecule has 1 aromatic heterocycles. The summed E-state index contributed by atoms with van der Waals surface area (Å²) < 4.78 is 5.52. The lowest BCUT2D eigenvalue weighted by Gasteiger charge is -2.15. The molecule has 2 aromatic carbocycles. The zero-order chi connectivity index (χ0) is 15.9. The van der Waals surface area contributed by atoms with E-state index in [-0.39, 0.29) is 0 Å². The number of fused-ring (bicyclic) bond motifs is 1. The number of hydrogen-bond acceptors (Lipinski definition) is 3. The average Bonchev–Trinajstić information content (AvgIpc) is 2.89. The Morgan fingerprint density at radius 3 is 2.64 bits per heavy atom. The zero-order valence-electron chi connectivity index (χ0n) is 13.4. The highest BCUT2D eigenvalue weighted by Crippen LogP contribution is 2.36. The van der Waals surface area contributed by atoms with E-state index < -0.39 is 0 Å². The van der Waals surface area contributed by atoms with Gasteiger partial charge in [-0.1, -0.05) is 13.8 Å². The molecule has 1 heterocycles. The molecule has 0 saturated carbocycles. The molecule has 0 radical (unpaired) electrons. The van der Waals surface area contributed by atoms with E-state index in [9.17, 15) is 0 Å². The Hall–Kier alpha value is -2.49. The third-order valence-corrected chi connectivity index (χ3v) is 4.04. The van der Waals surface area contributed by atoms with Crippen LogP contribution in [0.4, 0.5) is 5.69 Å². The van der Waals surface area contributed by atoms with Gasteiger partial charge in [-0.3, -0.25) is 5.10 Å². The normalized spacial score (nSPS) is 11.3. The molecular formula is C18H21N3O. The third kappa shape index (κ3) is 2.30. The minimum Gasteiger partial charge on any atom is -0.496 e. The summed E-state index contributed by atoms with van der Waals surface area (Å²) in [6.07, 6.45) is 0. The maximum absolute atomic E-state index is 5.84. The smallest absolute Gasteiger partial charge is 0.122 e. The molecule has 4 heteroatoms. The number of aromatic nitrogens is 2. The van der Waals surface area contributed by atoms with Gasteiger partial charge in [-0.05, 0) is 54.3 Å². The molecule has 0 spiro atoms. The van der Waals surface area contributed by atoms with Gasteiger partial charge in [0.15, 0.2) is 0 Å². The number of benzene rings is 2. The van der Waals surface area contributed by atoms with Gasteiger partial charge in [0, 0.05) is 16.6 Å². The van der Waals surface area contributed by atoms with Crippen molar-refractivity contribution in [3.8, 4) is 17.0 Å². The maximum Gasteiger partial charge on any atom is 0.122 e. The van der Waals surface area contributed by atoms with E-state index in [2.05, 4.69) is 43.1 Å². The molecule has 4 nitrogen and oxygen atoms in total. The fourth-order valence-electron chi connectivity index (χ4n) is 2.82. The molecule has 0 aliphatic carbocycles. The minimum atomic E-state index is 0.384. The molecule has 3 aromatic rings. The predicted molar refractivity (Wildman–Crippen MR) is 91.3 cm³/mol. The summed E-state index contributed by atoms with van der Waals surface area (Å²) in [5, 5.41) is 8.65. The van der Waals surface area contributed by atoms with Crippen LogP contribution in [0.5, 0.6) is 5.75 Å². The first-order valence-corrected chi connectivity index (χ1v) is 7.43. The maximum atomic E-state index is 5.84. The Bertz CT molecular complexity index is 834. The second-order valence-electron chi connectivity index (χ2n) is 5.94. The molecule has 0 saturated heterocycles. The van der Waals surface area contributed by atoms with Crippen LogP contribution >= 0.6 is 0 Å². The molecule has 0 bridgehead atoms. The van der Waals surface area contributed by atoms with E-state index >= 15 is 0 Å². The number of H-pyrrole nitrogens is 1. The molecule has 0 atom stereocenters. The van der Waals surface area contributed by atoms with Crippen LogP contribution in [0.15, 0.2) is 30.3 Å². The van der Waals surface area contributed by atoms with Crippen molar-refractivity contribution in [1.82, 2.24) is 10.2 Å². The van der Waals surface area contributed by atoms with Crippen molar-refractivity contribution in [2.24, 2.45) is 0 Å². The summed E-state index contributed by atoms with van der Waals surface area (Å²) in [5.74, 6) is 1.32. The second kappa shape index (κ2) is 5.37. The molecule has 0 fully saturated rings. The molecule has 114 valence electrons. The first-order valence-electron chi connectivity index (χ1n) is 7.43. The molecule has 0 aliphatic heterocycles. The molecule has 3 N–H and O–H groups in total. The SMILES string of the molecule is COc1cc(C)c(-c2n[nH]c3cc(N)ccc23)cc1C(C)C. The molecule has 0 aliphatic rings. The summed E-state index contributed by atoms with van der Waals surface area (Å²) in [7, 11) is 1.72. The average molecular weight is 295 g/mol. The van der Waals surface area contributed by atoms with Crippen LogP contribution in [0.1, 0.15) is 30.9 Å². The summed E-state index contributed by atoms with van der Waals surface area (Å²) in [4.78, 5) is 0. The van der Waals surface area contributed by atoms with Gasteiger partial charge in [0.05, 0.1) is 12.6 Å². The number of nitrogen functional groups attached to an aromatic ring is 1. The number of nitrogens with two attached hydrogens (primary N) is 1. The highest BCUT2D eigenvalue weighted by molar-refractivity contribution is 5.95. The summed E-state index contributed by atoms with van der Waals surface area (Å²) in [6, 6.07) is 10.1.